The van der Waals surface area contributed by atoms with Crippen LogP contribution in [0.4, 0.5) is 0 Å². The summed E-state index contributed by atoms with van der Waals surface area (Å²) in [6.07, 6.45) is 9.34. The van der Waals surface area contributed by atoms with Gasteiger partial charge in [-0.15, -0.1) is 0 Å². The molecule has 1 aliphatic rings. The van der Waals surface area contributed by atoms with Crippen molar-refractivity contribution in [2.24, 2.45) is 5.92 Å². The Labute approximate surface area is 171 Å². The SMILES string of the molecule is CC(C)N1CCCC(CNC(=O)c2cc(-c3ccncc3)c3cnccc3n2)C1. The number of piperidine rings is 1. The van der Waals surface area contributed by atoms with Gasteiger partial charge in [0, 0.05) is 49.3 Å². The molecule has 1 unspecified atom stereocenters. The zero-order valence-corrected chi connectivity index (χ0v) is 17.0. The molecule has 1 atom stereocenters. The number of aromatic nitrogens is 3. The van der Waals surface area contributed by atoms with Crippen LogP contribution in [-0.4, -0.2) is 51.4 Å². The summed E-state index contributed by atoms with van der Waals surface area (Å²) in [5, 5.41) is 4.04. The van der Waals surface area contributed by atoms with Gasteiger partial charge in [-0.1, -0.05) is 0 Å². The molecule has 29 heavy (non-hydrogen) atoms. The van der Waals surface area contributed by atoms with E-state index in [4.69, 9.17) is 0 Å². The Morgan fingerprint density at radius 1 is 1.21 bits per heavy atom. The summed E-state index contributed by atoms with van der Waals surface area (Å²) in [4.78, 5) is 28.3. The number of hydrogen-bond donors (Lipinski definition) is 1. The van der Waals surface area contributed by atoms with E-state index in [0.29, 0.717) is 24.2 Å². The first-order chi connectivity index (χ1) is 14.1. The number of nitrogens with zero attached hydrogens (tertiary/aromatic N) is 4. The number of amides is 1. The van der Waals surface area contributed by atoms with Gasteiger partial charge in [-0.25, -0.2) is 4.98 Å². The second kappa shape index (κ2) is 8.66. The van der Waals surface area contributed by atoms with Crippen molar-refractivity contribution in [1.82, 2.24) is 25.2 Å². The normalized spacial score (nSPS) is 17.6. The topological polar surface area (TPSA) is 71.0 Å². The minimum Gasteiger partial charge on any atom is -0.350 e. The smallest absolute Gasteiger partial charge is 0.269 e. The molecule has 1 N–H and O–H groups in total. The second-order valence-corrected chi connectivity index (χ2v) is 7.99. The summed E-state index contributed by atoms with van der Waals surface area (Å²) < 4.78 is 0. The minimum absolute atomic E-state index is 0.124. The number of pyridine rings is 3. The first kappa shape index (κ1) is 19.5. The van der Waals surface area contributed by atoms with E-state index in [1.54, 1.807) is 24.8 Å². The monoisotopic (exact) mass is 389 g/mol. The lowest BCUT2D eigenvalue weighted by atomic mass is 9.97. The van der Waals surface area contributed by atoms with Crippen LogP contribution >= 0.6 is 0 Å². The van der Waals surface area contributed by atoms with Crippen molar-refractivity contribution in [2.75, 3.05) is 19.6 Å². The molecule has 1 amide bonds. The van der Waals surface area contributed by atoms with Crippen LogP contribution in [0.3, 0.4) is 0 Å². The molecular weight excluding hydrogens is 362 g/mol. The van der Waals surface area contributed by atoms with Crippen LogP contribution in [0.25, 0.3) is 22.0 Å². The van der Waals surface area contributed by atoms with E-state index in [9.17, 15) is 4.79 Å². The van der Waals surface area contributed by atoms with E-state index in [0.717, 1.165) is 41.5 Å². The largest absolute Gasteiger partial charge is 0.350 e. The van der Waals surface area contributed by atoms with Crippen molar-refractivity contribution in [3.63, 3.8) is 0 Å². The fraction of sp³-hybridized carbons (Fsp3) is 0.391. The van der Waals surface area contributed by atoms with Gasteiger partial charge in [0.1, 0.15) is 5.69 Å². The van der Waals surface area contributed by atoms with Gasteiger partial charge in [0.15, 0.2) is 0 Å². The maximum atomic E-state index is 12.9. The van der Waals surface area contributed by atoms with Crippen molar-refractivity contribution >= 4 is 16.8 Å². The molecule has 3 aromatic rings. The predicted octanol–water partition coefficient (Wildman–Crippen LogP) is 3.54. The highest BCUT2D eigenvalue weighted by atomic mass is 16.1. The number of carbonyl (C=O) groups is 1. The van der Waals surface area contributed by atoms with Gasteiger partial charge >= 0.3 is 0 Å². The first-order valence-corrected chi connectivity index (χ1v) is 10.3. The Balaban J connectivity index is 1.55. The maximum absolute atomic E-state index is 12.9. The Kier molecular flexibility index (Phi) is 5.81. The lowest BCUT2D eigenvalue weighted by molar-refractivity contribution is 0.0918. The molecule has 4 heterocycles. The lowest BCUT2D eigenvalue weighted by Crippen LogP contribution is -2.43. The van der Waals surface area contributed by atoms with Gasteiger partial charge in [-0.3, -0.25) is 14.8 Å². The average molecular weight is 390 g/mol. The van der Waals surface area contributed by atoms with Gasteiger partial charge in [0.2, 0.25) is 0 Å². The van der Waals surface area contributed by atoms with Crippen LogP contribution in [0.2, 0.25) is 0 Å². The third kappa shape index (κ3) is 4.43. The summed E-state index contributed by atoms with van der Waals surface area (Å²) in [5.41, 5.74) is 3.14. The minimum atomic E-state index is -0.124. The molecule has 1 saturated heterocycles. The number of carbonyl (C=O) groups excluding carboxylic acids is 1. The molecule has 4 rings (SSSR count). The molecule has 0 aliphatic carbocycles. The fourth-order valence-electron chi connectivity index (χ4n) is 4.02. The van der Waals surface area contributed by atoms with Gasteiger partial charge in [0.05, 0.1) is 5.52 Å². The van der Waals surface area contributed by atoms with Crippen molar-refractivity contribution in [2.45, 2.75) is 32.7 Å². The Morgan fingerprint density at radius 3 is 2.79 bits per heavy atom. The summed E-state index contributed by atoms with van der Waals surface area (Å²) in [7, 11) is 0. The molecule has 0 spiro atoms. The van der Waals surface area contributed by atoms with Crippen molar-refractivity contribution in [3.05, 3.63) is 54.7 Å². The maximum Gasteiger partial charge on any atom is 0.269 e. The van der Waals surface area contributed by atoms with Gasteiger partial charge in [-0.05, 0) is 74.5 Å². The third-order valence-corrected chi connectivity index (χ3v) is 5.67. The Hall–Kier alpha value is -2.86. The fourth-order valence-corrected chi connectivity index (χ4v) is 4.02. The first-order valence-electron chi connectivity index (χ1n) is 10.3. The lowest BCUT2D eigenvalue weighted by Gasteiger charge is -2.35. The second-order valence-electron chi connectivity index (χ2n) is 7.99. The molecule has 6 heteroatoms. The third-order valence-electron chi connectivity index (χ3n) is 5.67. The van der Waals surface area contributed by atoms with E-state index in [1.165, 1.54) is 6.42 Å². The molecule has 0 radical (unpaired) electrons. The van der Waals surface area contributed by atoms with E-state index in [-0.39, 0.29) is 5.91 Å². The van der Waals surface area contributed by atoms with Crippen LogP contribution < -0.4 is 5.32 Å². The number of rotatable bonds is 5. The van der Waals surface area contributed by atoms with E-state index in [2.05, 4.69) is 39.0 Å². The summed E-state index contributed by atoms with van der Waals surface area (Å²) >= 11 is 0. The zero-order chi connectivity index (χ0) is 20.2. The van der Waals surface area contributed by atoms with Crippen LogP contribution in [0.1, 0.15) is 37.2 Å². The van der Waals surface area contributed by atoms with Crippen molar-refractivity contribution < 1.29 is 4.79 Å². The molecule has 0 aromatic carbocycles. The summed E-state index contributed by atoms with van der Waals surface area (Å²) in [5.74, 6) is 0.361. The molecule has 1 aliphatic heterocycles. The van der Waals surface area contributed by atoms with E-state index >= 15 is 0 Å². The summed E-state index contributed by atoms with van der Waals surface area (Å²) in [6, 6.07) is 8.12. The molecular formula is C23H27N5O. The van der Waals surface area contributed by atoms with Gasteiger partial charge in [-0.2, -0.15) is 0 Å². The van der Waals surface area contributed by atoms with Gasteiger partial charge < -0.3 is 10.2 Å². The Bertz CT molecular complexity index is 989. The Morgan fingerprint density at radius 2 is 2.00 bits per heavy atom. The van der Waals surface area contributed by atoms with Crippen LogP contribution in [0, 0.1) is 5.92 Å². The van der Waals surface area contributed by atoms with Crippen molar-refractivity contribution in [1.29, 1.82) is 0 Å². The zero-order valence-electron chi connectivity index (χ0n) is 17.0. The van der Waals surface area contributed by atoms with Crippen molar-refractivity contribution in [3.8, 4) is 11.1 Å². The summed E-state index contributed by atoms with van der Waals surface area (Å²) in [6.45, 7) is 7.34. The van der Waals surface area contributed by atoms with E-state index < -0.39 is 0 Å². The molecule has 6 nitrogen and oxygen atoms in total. The number of hydrogen-bond acceptors (Lipinski definition) is 5. The quantitative estimate of drug-likeness (QED) is 0.723. The van der Waals surface area contributed by atoms with Crippen LogP contribution in [0.15, 0.2) is 49.1 Å². The standard InChI is InChI=1S/C23H27N5O/c1-16(2)28-11-3-4-17(15-28)13-26-23(29)22-12-19(18-5-8-24-9-6-18)20-14-25-10-7-21(20)27-22/h5-10,12,14,16-17H,3-4,11,13,15H2,1-2H3,(H,26,29). The van der Waals surface area contributed by atoms with Crippen LogP contribution in [0.5, 0.6) is 0 Å². The highest BCUT2D eigenvalue weighted by Crippen LogP contribution is 2.27. The number of likely N-dealkylation sites (tertiary alicyclic amines) is 1. The highest BCUT2D eigenvalue weighted by molar-refractivity contribution is 6.00. The molecule has 1 fully saturated rings. The molecule has 0 saturated carbocycles. The number of fused-ring (bicyclic) bond motifs is 1. The average Bonchev–Trinajstić information content (AvgIpc) is 2.77. The number of nitrogens with one attached hydrogen (secondary N) is 1. The van der Waals surface area contributed by atoms with Gasteiger partial charge in [0.25, 0.3) is 5.91 Å². The van der Waals surface area contributed by atoms with Crippen LogP contribution in [-0.2, 0) is 0 Å². The molecule has 3 aromatic heterocycles. The molecule has 150 valence electrons. The molecule has 0 bridgehead atoms. The highest BCUT2D eigenvalue weighted by Gasteiger charge is 2.22. The predicted molar refractivity (Wildman–Crippen MR) is 115 cm³/mol. The van der Waals surface area contributed by atoms with E-state index in [1.807, 2.05) is 24.3 Å².